The molecule has 2 N–H and O–H groups in total. The van der Waals surface area contributed by atoms with Crippen LogP contribution in [0.4, 0.5) is 0 Å². The van der Waals surface area contributed by atoms with Crippen LogP contribution in [0.15, 0.2) is 0 Å². The largest absolute Gasteiger partial charge is 0.314 e. The van der Waals surface area contributed by atoms with Gasteiger partial charge < -0.3 is 10.6 Å². The maximum Gasteiger partial charge on any atom is 0.00416 e. The Morgan fingerprint density at radius 2 is 1.38 bits per heavy atom. The summed E-state index contributed by atoms with van der Waals surface area (Å²) in [7, 11) is 0. The van der Waals surface area contributed by atoms with Crippen LogP contribution in [-0.4, -0.2) is 24.7 Å². The highest BCUT2D eigenvalue weighted by molar-refractivity contribution is 4.72. The normalized spacial score (nSPS) is 16.5. The van der Waals surface area contributed by atoms with Crippen LogP contribution < -0.4 is 10.6 Å². The third kappa shape index (κ3) is 10.4. The second-order valence-electron chi connectivity index (χ2n) is 6.64. The molecular weight excluding hydrogens is 196 g/mol. The Labute approximate surface area is 103 Å². The second-order valence-corrected chi connectivity index (χ2v) is 6.64. The van der Waals surface area contributed by atoms with E-state index in [2.05, 4.69) is 59.1 Å². The van der Waals surface area contributed by atoms with Crippen molar-refractivity contribution in [2.75, 3.05) is 6.54 Å². The highest BCUT2D eigenvalue weighted by Gasteiger charge is 2.12. The average molecular weight is 228 g/mol. The van der Waals surface area contributed by atoms with Gasteiger partial charge in [0.15, 0.2) is 0 Å². The molecule has 2 heteroatoms. The van der Waals surface area contributed by atoms with Gasteiger partial charge in [0.1, 0.15) is 0 Å². The van der Waals surface area contributed by atoms with Crippen molar-refractivity contribution in [3.05, 3.63) is 0 Å². The van der Waals surface area contributed by atoms with Crippen LogP contribution in [0.1, 0.15) is 61.3 Å². The van der Waals surface area contributed by atoms with Crippen molar-refractivity contribution in [1.29, 1.82) is 0 Å². The second kappa shape index (κ2) is 7.29. The first-order valence-electron chi connectivity index (χ1n) is 6.70. The number of hydrogen-bond acceptors (Lipinski definition) is 2. The van der Waals surface area contributed by atoms with Gasteiger partial charge in [-0.3, -0.25) is 0 Å². The van der Waals surface area contributed by atoms with Gasteiger partial charge in [0.2, 0.25) is 0 Å². The van der Waals surface area contributed by atoms with Gasteiger partial charge >= 0.3 is 0 Å². The van der Waals surface area contributed by atoms with Gasteiger partial charge in [0.25, 0.3) is 0 Å². The van der Waals surface area contributed by atoms with Crippen molar-refractivity contribution in [2.45, 2.75) is 79.4 Å². The van der Waals surface area contributed by atoms with E-state index in [1.54, 1.807) is 0 Å². The third-order valence-electron chi connectivity index (χ3n) is 2.63. The first-order chi connectivity index (χ1) is 7.20. The quantitative estimate of drug-likeness (QED) is 0.699. The molecule has 0 aliphatic heterocycles. The van der Waals surface area contributed by atoms with E-state index in [-0.39, 0.29) is 0 Å². The summed E-state index contributed by atoms with van der Waals surface area (Å²) in [6.07, 6.45) is 2.49. The first-order valence-corrected chi connectivity index (χ1v) is 6.70. The summed E-state index contributed by atoms with van der Waals surface area (Å²) in [5.41, 5.74) is 0.385. The SMILES string of the molecule is CC(C)N[C@H](C)CCC(C)NCC(C)(C)C. The Bertz CT molecular complexity index is 170. The zero-order valence-corrected chi connectivity index (χ0v) is 12.4. The van der Waals surface area contributed by atoms with Gasteiger partial charge in [0.05, 0.1) is 0 Å². The number of rotatable bonds is 7. The first kappa shape index (κ1) is 15.9. The Kier molecular flexibility index (Phi) is 7.25. The van der Waals surface area contributed by atoms with Gasteiger partial charge in [-0.05, 0) is 32.1 Å². The molecule has 0 aliphatic carbocycles. The fourth-order valence-electron chi connectivity index (χ4n) is 1.73. The topological polar surface area (TPSA) is 24.1 Å². The molecule has 0 aliphatic rings. The predicted octanol–water partition coefficient (Wildman–Crippen LogP) is 3.18. The van der Waals surface area contributed by atoms with Crippen LogP contribution in [0.2, 0.25) is 0 Å². The zero-order valence-electron chi connectivity index (χ0n) is 12.4. The Hall–Kier alpha value is -0.0800. The van der Waals surface area contributed by atoms with E-state index in [9.17, 15) is 0 Å². The summed E-state index contributed by atoms with van der Waals surface area (Å²) in [5.74, 6) is 0. The molecule has 0 rings (SSSR count). The van der Waals surface area contributed by atoms with Crippen molar-refractivity contribution in [2.24, 2.45) is 5.41 Å². The van der Waals surface area contributed by atoms with E-state index in [4.69, 9.17) is 0 Å². The Balaban J connectivity index is 3.61. The molecule has 0 aromatic carbocycles. The lowest BCUT2D eigenvalue weighted by Crippen LogP contribution is -2.37. The zero-order chi connectivity index (χ0) is 12.8. The molecule has 0 radical (unpaired) electrons. The molecule has 0 aromatic rings. The molecule has 1 unspecified atom stereocenters. The standard InChI is InChI=1S/C14H32N2/c1-11(2)16-13(4)9-8-12(3)15-10-14(5,6)7/h11-13,15-16H,8-10H2,1-7H3/t12?,13-/m1/s1. The maximum atomic E-state index is 3.60. The van der Waals surface area contributed by atoms with Crippen LogP contribution in [0.3, 0.4) is 0 Å². The molecule has 0 spiro atoms. The molecule has 98 valence electrons. The highest BCUT2D eigenvalue weighted by atomic mass is 14.9. The molecule has 0 fully saturated rings. The van der Waals surface area contributed by atoms with Crippen LogP contribution in [0.25, 0.3) is 0 Å². The minimum absolute atomic E-state index is 0.385. The number of hydrogen-bond donors (Lipinski definition) is 2. The molecule has 0 amide bonds. The van der Waals surface area contributed by atoms with Gasteiger partial charge in [-0.2, -0.15) is 0 Å². The van der Waals surface area contributed by atoms with Gasteiger partial charge in [-0.15, -0.1) is 0 Å². The minimum atomic E-state index is 0.385. The average Bonchev–Trinajstić information content (AvgIpc) is 2.09. The molecule has 0 saturated heterocycles. The van der Waals surface area contributed by atoms with E-state index < -0.39 is 0 Å². The Morgan fingerprint density at radius 1 is 0.875 bits per heavy atom. The monoisotopic (exact) mass is 228 g/mol. The molecule has 2 nitrogen and oxygen atoms in total. The van der Waals surface area contributed by atoms with Crippen molar-refractivity contribution < 1.29 is 0 Å². The van der Waals surface area contributed by atoms with Crippen LogP contribution in [-0.2, 0) is 0 Å². The molecular formula is C14H32N2. The summed E-state index contributed by atoms with van der Waals surface area (Å²) in [5, 5.41) is 7.15. The lowest BCUT2D eigenvalue weighted by Gasteiger charge is -2.24. The third-order valence-corrected chi connectivity index (χ3v) is 2.63. The van der Waals surface area contributed by atoms with Crippen molar-refractivity contribution in [1.82, 2.24) is 10.6 Å². The fraction of sp³-hybridized carbons (Fsp3) is 1.00. The van der Waals surface area contributed by atoms with Gasteiger partial charge in [-0.1, -0.05) is 34.6 Å². The lowest BCUT2D eigenvalue weighted by molar-refractivity contribution is 0.339. The summed E-state index contributed by atoms with van der Waals surface area (Å²) < 4.78 is 0. The van der Waals surface area contributed by atoms with Crippen LogP contribution in [0, 0.1) is 5.41 Å². The molecule has 0 aromatic heterocycles. The van der Waals surface area contributed by atoms with Crippen LogP contribution >= 0.6 is 0 Å². The lowest BCUT2D eigenvalue weighted by atomic mass is 9.96. The van der Waals surface area contributed by atoms with E-state index in [0.717, 1.165) is 6.54 Å². The molecule has 0 saturated carbocycles. The van der Waals surface area contributed by atoms with E-state index in [0.29, 0.717) is 23.5 Å². The van der Waals surface area contributed by atoms with Crippen molar-refractivity contribution in [3.8, 4) is 0 Å². The van der Waals surface area contributed by atoms with E-state index >= 15 is 0 Å². The predicted molar refractivity (Wildman–Crippen MR) is 73.9 cm³/mol. The molecule has 0 heterocycles. The van der Waals surface area contributed by atoms with E-state index in [1.165, 1.54) is 12.8 Å². The minimum Gasteiger partial charge on any atom is -0.314 e. The molecule has 0 bridgehead atoms. The summed E-state index contributed by atoms with van der Waals surface area (Å²) in [4.78, 5) is 0. The molecule has 16 heavy (non-hydrogen) atoms. The summed E-state index contributed by atoms with van der Waals surface area (Å²) in [6, 6.07) is 1.84. The van der Waals surface area contributed by atoms with Crippen LogP contribution in [0.5, 0.6) is 0 Å². The summed E-state index contributed by atoms with van der Waals surface area (Å²) in [6.45, 7) is 16.9. The maximum absolute atomic E-state index is 3.60. The van der Waals surface area contributed by atoms with Gasteiger partial charge in [0, 0.05) is 24.7 Å². The van der Waals surface area contributed by atoms with Gasteiger partial charge in [-0.25, -0.2) is 0 Å². The fourth-order valence-corrected chi connectivity index (χ4v) is 1.73. The Morgan fingerprint density at radius 3 is 1.81 bits per heavy atom. The smallest absolute Gasteiger partial charge is 0.00416 e. The van der Waals surface area contributed by atoms with Crippen molar-refractivity contribution in [3.63, 3.8) is 0 Å². The molecule has 2 atom stereocenters. The highest BCUT2D eigenvalue weighted by Crippen LogP contribution is 2.11. The summed E-state index contributed by atoms with van der Waals surface area (Å²) >= 11 is 0. The van der Waals surface area contributed by atoms with Crippen molar-refractivity contribution >= 4 is 0 Å². The number of nitrogens with one attached hydrogen (secondary N) is 2. The van der Waals surface area contributed by atoms with E-state index in [1.807, 2.05) is 0 Å².